The van der Waals surface area contributed by atoms with Crippen LogP contribution in [0.15, 0.2) is 24.3 Å². The molecule has 70 valence electrons. The molecule has 0 aliphatic rings. The van der Waals surface area contributed by atoms with Gasteiger partial charge in [0.2, 0.25) is 0 Å². The third-order valence-corrected chi connectivity index (χ3v) is 1.78. The molecule has 0 aromatic heterocycles. The molecule has 0 amide bonds. The van der Waals surface area contributed by atoms with Gasteiger partial charge in [-0.1, -0.05) is 12.1 Å². The van der Waals surface area contributed by atoms with Crippen LogP contribution in [-0.2, 0) is 11.2 Å². The highest BCUT2D eigenvalue weighted by atomic mass is 16.5. The molecule has 0 heterocycles. The average Bonchev–Trinajstić information content (AvgIpc) is 2.15. The lowest BCUT2D eigenvalue weighted by Gasteiger charge is -2.03. The summed E-state index contributed by atoms with van der Waals surface area (Å²) in [5, 5.41) is 10.2. The molecule has 0 aliphatic heterocycles. The molecule has 0 N–H and O–H groups in total. The van der Waals surface area contributed by atoms with Gasteiger partial charge in [-0.15, -0.1) is 0 Å². The fourth-order valence-electron chi connectivity index (χ4n) is 1.04. The first-order valence-electron chi connectivity index (χ1n) is 4.05. The van der Waals surface area contributed by atoms with Crippen molar-refractivity contribution in [2.24, 2.45) is 0 Å². The van der Waals surface area contributed by atoms with Gasteiger partial charge in [-0.05, 0) is 30.5 Å². The maximum absolute atomic E-state index is 10.2. The molecule has 1 aromatic carbocycles. The normalized spacial score (nSPS) is 9.62. The van der Waals surface area contributed by atoms with E-state index in [2.05, 4.69) is 0 Å². The minimum atomic E-state index is -1.02. The molecule has 3 nitrogen and oxygen atoms in total. The lowest BCUT2D eigenvalue weighted by molar-refractivity contribution is -0.305. The number of methoxy groups -OCH3 is 1. The number of aliphatic carboxylic acids is 1. The molecule has 0 spiro atoms. The second-order valence-corrected chi connectivity index (χ2v) is 2.72. The first-order valence-corrected chi connectivity index (χ1v) is 4.05. The zero-order valence-electron chi connectivity index (χ0n) is 7.45. The van der Waals surface area contributed by atoms with Crippen LogP contribution >= 0.6 is 0 Å². The van der Waals surface area contributed by atoms with Gasteiger partial charge in [0.1, 0.15) is 5.75 Å². The summed E-state index contributed by atoms with van der Waals surface area (Å²) < 4.78 is 4.97. The number of carbonyl (C=O) groups excluding carboxylic acids is 1. The van der Waals surface area contributed by atoms with E-state index in [4.69, 9.17) is 4.74 Å². The number of carbonyl (C=O) groups is 1. The first-order chi connectivity index (χ1) is 6.22. The molecule has 0 aliphatic carbocycles. The SMILES string of the molecule is COc1ccc(CCC(=O)[O-])cc1. The maximum atomic E-state index is 10.2. The van der Waals surface area contributed by atoms with E-state index in [1.165, 1.54) is 0 Å². The largest absolute Gasteiger partial charge is 0.550 e. The Kier molecular flexibility index (Phi) is 3.31. The van der Waals surface area contributed by atoms with Gasteiger partial charge in [-0.2, -0.15) is 0 Å². The summed E-state index contributed by atoms with van der Waals surface area (Å²) in [4.78, 5) is 10.2. The number of hydrogen-bond acceptors (Lipinski definition) is 3. The monoisotopic (exact) mass is 179 g/mol. The Morgan fingerprint density at radius 3 is 2.46 bits per heavy atom. The molecule has 0 bridgehead atoms. The summed E-state index contributed by atoms with van der Waals surface area (Å²) in [7, 11) is 1.59. The van der Waals surface area contributed by atoms with E-state index < -0.39 is 5.97 Å². The molecule has 1 aromatic rings. The van der Waals surface area contributed by atoms with E-state index in [0.29, 0.717) is 6.42 Å². The number of benzene rings is 1. The molecule has 0 unspecified atom stereocenters. The fraction of sp³-hybridized carbons (Fsp3) is 0.300. The lowest BCUT2D eigenvalue weighted by Crippen LogP contribution is -2.22. The van der Waals surface area contributed by atoms with Crippen LogP contribution in [-0.4, -0.2) is 13.1 Å². The van der Waals surface area contributed by atoms with Crippen molar-refractivity contribution >= 4 is 5.97 Å². The van der Waals surface area contributed by atoms with E-state index in [1.807, 2.05) is 24.3 Å². The van der Waals surface area contributed by atoms with Crippen LogP contribution in [0.4, 0.5) is 0 Å². The molecule has 0 saturated heterocycles. The number of aryl methyl sites for hydroxylation is 1. The molecular formula is C10H11O3-. The van der Waals surface area contributed by atoms with Crippen LogP contribution in [0.2, 0.25) is 0 Å². The predicted molar refractivity (Wildman–Crippen MR) is 46.3 cm³/mol. The summed E-state index contributed by atoms with van der Waals surface area (Å²) >= 11 is 0. The zero-order valence-corrected chi connectivity index (χ0v) is 7.45. The van der Waals surface area contributed by atoms with Gasteiger partial charge in [-0.25, -0.2) is 0 Å². The van der Waals surface area contributed by atoms with Crippen LogP contribution in [0.25, 0.3) is 0 Å². The van der Waals surface area contributed by atoms with Crippen LogP contribution in [0.5, 0.6) is 5.75 Å². The Balaban J connectivity index is 2.54. The summed E-state index contributed by atoms with van der Waals surface area (Å²) in [6.07, 6.45) is 0.568. The standard InChI is InChI=1S/C10H12O3/c1-13-9-5-2-8(3-6-9)4-7-10(11)12/h2-3,5-6H,4,7H2,1H3,(H,11,12)/p-1. The van der Waals surface area contributed by atoms with Crippen molar-refractivity contribution in [3.8, 4) is 5.75 Å². The second-order valence-electron chi connectivity index (χ2n) is 2.72. The third-order valence-electron chi connectivity index (χ3n) is 1.78. The highest BCUT2D eigenvalue weighted by Gasteiger charge is 1.94. The first kappa shape index (κ1) is 9.58. The van der Waals surface area contributed by atoms with Crippen molar-refractivity contribution in [3.05, 3.63) is 29.8 Å². The molecule has 0 saturated carbocycles. The zero-order chi connectivity index (χ0) is 9.68. The van der Waals surface area contributed by atoms with Crippen LogP contribution in [0, 0.1) is 0 Å². The van der Waals surface area contributed by atoms with Crippen LogP contribution in [0.1, 0.15) is 12.0 Å². The minimum absolute atomic E-state index is 0.0618. The Labute approximate surface area is 77.0 Å². The number of carboxylic acid groups (broad SMARTS) is 1. The average molecular weight is 179 g/mol. The van der Waals surface area contributed by atoms with E-state index in [0.717, 1.165) is 11.3 Å². The molecule has 13 heavy (non-hydrogen) atoms. The van der Waals surface area contributed by atoms with Crippen molar-refractivity contribution in [1.29, 1.82) is 0 Å². The van der Waals surface area contributed by atoms with Gasteiger partial charge in [0, 0.05) is 5.97 Å². The van der Waals surface area contributed by atoms with Gasteiger partial charge in [0.25, 0.3) is 0 Å². The molecule has 1 rings (SSSR count). The van der Waals surface area contributed by atoms with Crippen molar-refractivity contribution in [3.63, 3.8) is 0 Å². The highest BCUT2D eigenvalue weighted by Crippen LogP contribution is 2.12. The molecule has 0 fully saturated rings. The summed E-state index contributed by atoms with van der Waals surface area (Å²) in [6.45, 7) is 0. The number of ether oxygens (including phenoxy) is 1. The highest BCUT2D eigenvalue weighted by molar-refractivity contribution is 5.64. The molecule has 0 radical (unpaired) electrons. The van der Waals surface area contributed by atoms with Crippen LogP contribution < -0.4 is 9.84 Å². The summed E-state index contributed by atoms with van der Waals surface area (Å²) in [5.41, 5.74) is 0.977. The van der Waals surface area contributed by atoms with Crippen LogP contribution in [0.3, 0.4) is 0 Å². The lowest BCUT2D eigenvalue weighted by atomic mass is 10.1. The summed E-state index contributed by atoms with van der Waals surface area (Å²) in [5.74, 6) is -0.243. The predicted octanol–water partition coefficient (Wildman–Crippen LogP) is 0.378. The Morgan fingerprint density at radius 2 is 2.00 bits per heavy atom. The van der Waals surface area contributed by atoms with E-state index in [1.54, 1.807) is 7.11 Å². The Morgan fingerprint density at radius 1 is 1.38 bits per heavy atom. The van der Waals surface area contributed by atoms with Gasteiger partial charge in [0.05, 0.1) is 7.11 Å². The van der Waals surface area contributed by atoms with Gasteiger partial charge >= 0.3 is 0 Å². The van der Waals surface area contributed by atoms with Gasteiger partial charge in [-0.3, -0.25) is 0 Å². The van der Waals surface area contributed by atoms with Crippen molar-refractivity contribution in [2.45, 2.75) is 12.8 Å². The van der Waals surface area contributed by atoms with Crippen molar-refractivity contribution in [1.82, 2.24) is 0 Å². The van der Waals surface area contributed by atoms with Gasteiger partial charge in [0.15, 0.2) is 0 Å². The minimum Gasteiger partial charge on any atom is -0.550 e. The number of carboxylic acids is 1. The quantitative estimate of drug-likeness (QED) is 0.671. The second kappa shape index (κ2) is 4.50. The van der Waals surface area contributed by atoms with E-state index >= 15 is 0 Å². The summed E-state index contributed by atoms with van der Waals surface area (Å²) in [6, 6.07) is 7.32. The molecule has 3 heteroatoms. The molecular weight excluding hydrogens is 168 g/mol. The Bertz CT molecular complexity index is 277. The van der Waals surface area contributed by atoms with Crippen molar-refractivity contribution in [2.75, 3.05) is 7.11 Å². The number of rotatable bonds is 4. The van der Waals surface area contributed by atoms with E-state index in [-0.39, 0.29) is 6.42 Å². The molecule has 0 atom stereocenters. The van der Waals surface area contributed by atoms with Crippen molar-refractivity contribution < 1.29 is 14.6 Å². The van der Waals surface area contributed by atoms with E-state index in [9.17, 15) is 9.90 Å². The van der Waals surface area contributed by atoms with Gasteiger partial charge < -0.3 is 14.6 Å². The maximum Gasteiger partial charge on any atom is 0.118 e. The third kappa shape index (κ3) is 3.15. The fourth-order valence-corrected chi connectivity index (χ4v) is 1.04. The smallest absolute Gasteiger partial charge is 0.118 e. The topological polar surface area (TPSA) is 49.4 Å². The number of hydrogen-bond donors (Lipinski definition) is 0. The Hall–Kier alpha value is -1.51.